The molecule has 0 bridgehead atoms. The summed E-state index contributed by atoms with van der Waals surface area (Å²) in [5, 5.41) is 8.60. The summed E-state index contributed by atoms with van der Waals surface area (Å²) in [4.78, 5) is 24.1. The summed E-state index contributed by atoms with van der Waals surface area (Å²) in [6.07, 6.45) is -4.70. The number of hydrogen-bond acceptors (Lipinski definition) is 5. The highest BCUT2D eigenvalue weighted by atomic mass is 32.2. The van der Waals surface area contributed by atoms with E-state index in [1.54, 1.807) is 12.1 Å². The monoisotopic (exact) mass is 408 g/mol. The summed E-state index contributed by atoms with van der Waals surface area (Å²) in [5.74, 6) is -0.956. The molecule has 0 radical (unpaired) electrons. The lowest BCUT2D eigenvalue weighted by atomic mass is 10.2. The molecule has 1 fully saturated rings. The number of amides is 2. The molecule has 10 heteroatoms. The average Bonchev–Trinajstić information content (AvgIpc) is 3.00. The lowest BCUT2D eigenvalue weighted by Crippen LogP contribution is -2.28. The van der Waals surface area contributed by atoms with Crippen LogP contribution in [0.15, 0.2) is 59.7 Å². The van der Waals surface area contributed by atoms with Crippen LogP contribution in [0.1, 0.15) is 12.0 Å². The van der Waals surface area contributed by atoms with Crippen molar-refractivity contribution in [2.45, 2.75) is 17.8 Å². The number of thioether (sulfide) groups is 1. The van der Waals surface area contributed by atoms with Crippen molar-refractivity contribution in [3.63, 3.8) is 0 Å². The first kappa shape index (κ1) is 19.7. The molecule has 1 saturated heterocycles. The summed E-state index contributed by atoms with van der Waals surface area (Å²) in [6.45, 7) is 0. The third kappa shape index (κ3) is 5.26. The highest BCUT2D eigenvalue weighted by Crippen LogP contribution is 2.31. The van der Waals surface area contributed by atoms with Gasteiger partial charge in [0.2, 0.25) is 11.8 Å². The van der Waals surface area contributed by atoms with Crippen molar-refractivity contribution in [3.05, 3.63) is 60.2 Å². The van der Waals surface area contributed by atoms with Crippen molar-refractivity contribution in [3.8, 4) is 0 Å². The van der Waals surface area contributed by atoms with Crippen LogP contribution in [0.3, 0.4) is 0 Å². The number of hydrazone groups is 1. The molecule has 6 nitrogen and oxygen atoms in total. The van der Waals surface area contributed by atoms with Crippen molar-refractivity contribution >= 4 is 40.1 Å². The van der Waals surface area contributed by atoms with Gasteiger partial charge in [0.1, 0.15) is 5.25 Å². The van der Waals surface area contributed by atoms with Gasteiger partial charge >= 0.3 is 6.18 Å². The standard InChI is InChI=1S/C18H15F3N4O2S/c19-18(20,21)11-5-4-8-13(9-11)22-15(26)10-14-16(27)23-17(28-14)25-24-12-6-2-1-3-7-12/h1-9,14,24H,10H2,(H,22,26)(H,23,25,27)/t14-/m0/s1. The number of para-hydroxylation sites is 1. The number of amidine groups is 1. The molecule has 28 heavy (non-hydrogen) atoms. The highest BCUT2D eigenvalue weighted by Gasteiger charge is 2.33. The van der Waals surface area contributed by atoms with E-state index in [0.29, 0.717) is 5.17 Å². The van der Waals surface area contributed by atoms with Gasteiger partial charge in [-0.15, -0.1) is 5.10 Å². The number of hydrogen-bond donors (Lipinski definition) is 3. The quantitative estimate of drug-likeness (QED) is 0.660. The van der Waals surface area contributed by atoms with Crippen LogP contribution in [-0.4, -0.2) is 22.2 Å². The van der Waals surface area contributed by atoms with Crippen LogP contribution in [0.4, 0.5) is 24.5 Å². The van der Waals surface area contributed by atoms with E-state index >= 15 is 0 Å². The minimum absolute atomic E-state index is 0.0165. The maximum absolute atomic E-state index is 12.7. The molecule has 0 saturated carbocycles. The average molecular weight is 408 g/mol. The smallest absolute Gasteiger partial charge is 0.326 e. The first-order chi connectivity index (χ1) is 13.3. The van der Waals surface area contributed by atoms with Gasteiger partial charge in [0, 0.05) is 12.1 Å². The number of rotatable bonds is 5. The summed E-state index contributed by atoms with van der Waals surface area (Å²) >= 11 is 1.07. The lowest BCUT2D eigenvalue weighted by Gasteiger charge is -2.10. The van der Waals surface area contributed by atoms with Crippen molar-refractivity contribution < 1.29 is 22.8 Å². The fourth-order valence-corrected chi connectivity index (χ4v) is 3.30. The molecular weight excluding hydrogens is 393 g/mol. The molecule has 1 aliphatic heterocycles. The van der Waals surface area contributed by atoms with E-state index < -0.39 is 28.8 Å². The number of benzene rings is 2. The van der Waals surface area contributed by atoms with E-state index in [9.17, 15) is 22.8 Å². The first-order valence-corrected chi connectivity index (χ1v) is 9.02. The van der Waals surface area contributed by atoms with Crippen LogP contribution in [0.2, 0.25) is 0 Å². The topological polar surface area (TPSA) is 82.6 Å². The first-order valence-electron chi connectivity index (χ1n) is 8.14. The molecule has 0 aliphatic carbocycles. The molecular formula is C18H15F3N4O2S. The van der Waals surface area contributed by atoms with Gasteiger partial charge in [0.05, 0.1) is 11.3 Å². The number of anilines is 2. The summed E-state index contributed by atoms with van der Waals surface area (Å²) in [7, 11) is 0. The van der Waals surface area contributed by atoms with Crippen molar-refractivity contribution in [2.24, 2.45) is 5.10 Å². The molecule has 146 valence electrons. The van der Waals surface area contributed by atoms with Gasteiger partial charge in [-0.05, 0) is 30.3 Å². The second-order valence-electron chi connectivity index (χ2n) is 5.82. The summed E-state index contributed by atoms with van der Waals surface area (Å²) < 4.78 is 38.2. The molecule has 2 amide bonds. The number of nitrogens with one attached hydrogen (secondary N) is 3. The SMILES string of the molecule is O=C(C[C@@H]1S/C(=N/Nc2ccccc2)NC1=O)Nc1cccc(C(F)(F)F)c1. The van der Waals surface area contributed by atoms with Gasteiger partial charge in [-0.3, -0.25) is 15.0 Å². The van der Waals surface area contributed by atoms with Gasteiger partial charge in [0.25, 0.3) is 0 Å². The van der Waals surface area contributed by atoms with Gasteiger partial charge < -0.3 is 10.6 Å². The molecule has 1 atom stereocenters. The third-order valence-corrected chi connectivity index (χ3v) is 4.76. The Morgan fingerprint density at radius 3 is 2.54 bits per heavy atom. The Morgan fingerprint density at radius 1 is 1.11 bits per heavy atom. The highest BCUT2D eigenvalue weighted by molar-refractivity contribution is 8.15. The summed E-state index contributed by atoms with van der Waals surface area (Å²) in [6, 6.07) is 13.4. The molecule has 0 spiro atoms. The number of carbonyl (C=O) groups excluding carboxylic acids is 2. The Morgan fingerprint density at radius 2 is 1.82 bits per heavy atom. The zero-order valence-electron chi connectivity index (χ0n) is 14.3. The minimum atomic E-state index is -4.50. The normalized spacial score (nSPS) is 18.0. The van der Waals surface area contributed by atoms with Gasteiger partial charge in [-0.2, -0.15) is 13.2 Å². The molecule has 3 N–H and O–H groups in total. The molecule has 0 aromatic heterocycles. The molecule has 3 rings (SSSR count). The maximum atomic E-state index is 12.7. The fourth-order valence-electron chi connectivity index (χ4n) is 2.37. The Kier molecular flexibility index (Phi) is 5.88. The largest absolute Gasteiger partial charge is 0.416 e. The Balaban J connectivity index is 1.56. The lowest BCUT2D eigenvalue weighted by molar-refractivity contribution is -0.137. The van der Waals surface area contributed by atoms with E-state index in [2.05, 4.69) is 21.2 Å². The Bertz CT molecular complexity index is 903. The van der Waals surface area contributed by atoms with Gasteiger partial charge in [-0.1, -0.05) is 36.0 Å². The van der Waals surface area contributed by atoms with E-state index in [-0.39, 0.29) is 12.1 Å². The number of carbonyl (C=O) groups is 2. The number of alkyl halides is 3. The van der Waals surface area contributed by atoms with Crippen LogP contribution >= 0.6 is 11.8 Å². The van der Waals surface area contributed by atoms with Gasteiger partial charge in [0.15, 0.2) is 5.17 Å². The van der Waals surface area contributed by atoms with E-state index in [0.717, 1.165) is 29.6 Å². The van der Waals surface area contributed by atoms with Crippen LogP contribution in [0.25, 0.3) is 0 Å². The zero-order chi connectivity index (χ0) is 20.1. The van der Waals surface area contributed by atoms with Crippen LogP contribution in [0.5, 0.6) is 0 Å². The maximum Gasteiger partial charge on any atom is 0.416 e. The van der Waals surface area contributed by atoms with E-state index in [4.69, 9.17) is 0 Å². The van der Waals surface area contributed by atoms with Crippen molar-refractivity contribution in [1.82, 2.24) is 5.32 Å². The minimum Gasteiger partial charge on any atom is -0.326 e. The number of nitrogens with zero attached hydrogens (tertiary/aromatic N) is 1. The van der Waals surface area contributed by atoms with E-state index in [1.807, 2.05) is 18.2 Å². The Labute approximate surface area is 162 Å². The predicted molar refractivity (Wildman–Crippen MR) is 102 cm³/mol. The molecule has 0 unspecified atom stereocenters. The molecule has 1 aliphatic rings. The zero-order valence-corrected chi connectivity index (χ0v) is 15.1. The number of halogens is 3. The third-order valence-electron chi connectivity index (χ3n) is 3.68. The summed E-state index contributed by atoms with van der Waals surface area (Å²) in [5.41, 5.74) is 2.67. The molecule has 1 heterocycles. The molecule has 2 aromatic rings. The predicted octanol–water partition coefficient (Wildman–Crippen LogP) is 3.65. The van der Waals surface area contributed by atoms with Crippen molar-refractivity contribution in [1.29, 1.82) is 0 Å². The van der Waals surface area contributed by atoms with Crippen LogP contribution in [-0.2, 0) is 15.8 Å². The van der Waals surface area contributed by atoms with Crippen LogP contribution < -0.4 is 16.1 Å². The second-order valence-corrected chi connectivity index (χ2v) is 7.01. The second kappa shape index (κ2) is 8.34. The van der Waals surface area contributed by atoms with Gasteiger partial charge in [-0.25, -0.2) is 0 Å². The molecule has 2 aromatic carbocycles. The fraction of sp³-hybridized carbons (Fsp3) is 0.167. The van der Waals surface area contributed by atoms with Crippen LogP contribution in [0, 0.1) is 0 Å². The van der Waals surface area contributed by atoms with E-state index in [1.165, 1.54) is 12.1 Å². The van der Waals surface area contributed by atoms with Crippen molar-refractivity contribution in [2.75, 3.05) is 10.7 Å². The Hall–Kier alpha value is -3.01.